The van der Waals surface area contributed by atoms with E-state index >= 15 is 0 Å². The molecule has 1 atom stereocenters. The number of aromatic amines is 1. The molecule has 2 aromatic carbocycles. The smallest absolute Gasteiger partial charge is 0.321 e. The molecule has 2 aliphatic heterocycles. The number of fused-ring (bicyclic) bond motifs is 1. The van der Waals surface area contributed by atoms with Crippen molar-refractivity contribution >= 4 is 40.5 Å². The molecule has 0 spiro atoms. The van der Waals surface area contributed by atoms with Gasteiger partial charge in [0.2, 0.25) is 6.17 Å². The van der Waals surface area contributed by atoms with Crippen LogP contribution < -0.4 is 20.4 Å². The molecule has 1 aromatic heterocycles. The summed E-state index contributed by atoms with van der Waals surface area (Å²) in [7, 11) is 0. The molecule has 10 heteroatoms. The predicted octanol–water partition coefficient (Wildman–Crippen LogP) is 3.96. The summed E-state index contributed by atoms with van der Waals surface area (Å²) in [6, 6.07) is 14.3. The molecule has 3 amide bonds. The molecule has 10 nitrogen and oxygen atoms in total. The van der Waals surface area contributed by atoms with E-state index in [4.69, 9.17) is 0 Å². The normalized spacial score (nSPS) is 17.4. The molecule has 5 rings (SSSR count). The number of hydrogen-bond donors (Lipinski definition) is 3. The van der Waals surface area contributed by atoms with E-state index in [-0.39, 0.29) is 12.3 Å². The average Bonchev–Trinajstić information content (AvgIpc) is 3.62. The molecule has 0 aliphatic carbocycles. The number of carbonyl (C=O) groups is 3. The largest absolute Gasteiger partial charge is 0.371 e. The minimum Gasteiger partial charge on any atom is -0.371 e. The van der Waals surface area contributed by atoms with Crippen LogP contribution >= 0.6 is 0 Å². The van der Waals surface area contributed by atoms with Gasteiger partial charge in [0.1, 0.15) is 5.71 Å². The summed E-state index contributed by atoms with van der Waals surface area (Å²) < 4.78 is 0. The van der Waals surface area contributed by atoms with Gasteiger partial charge in [-0.05, 0) is 37.1 Å². The second-order valence-corrected chi connectivity index (χ2v) is 10.8. The van der Waals surface area contributed by atoms with Gasteiger partial charge in [0.25, 0.3) is 5.91 Å². The summed E-state index contributed by atoms with van der Waals surface area (Å²) in [4.78, 5) is 55.8. The van der Waals surface area contributed by atoms with Crippen molar-refractivity contribution in [1.82, 2.24) is 15.3 Å². The quantitative estimate of drug-likeness (QED) is 0.448. The molecular weight excluding hydrogens is 494 g/mol. The van der Waals surface area contributed by atoms with Gasteiger partial charge in [0.05, 0.1) is 12.2 Å². The van der Waals surface area contributed by atoms with Gasteiger partial charge in [0.15, 0.2) is 11.6 Å². The van der Waals surface area contributed by atoms with E-state index in [1.54, 1.807) is 30.6 Å². The van der Waals surface area contributed by atoms with Gasteiger partial charge in [-0.3, -0.25) is 9.59 Å². The van der Waals surface area contributed by atoms with Crippen molar-refractivity contribution in [3.8, 4) is 0 Å². The summed E-state index contributed by atoms with van der Waals surface area (Å²) in [6.45, 7) is 7.26. The number of H-pyrrole nitrogens is 1. The molecule has 3 aromatic rings. The summed E-state index contributed by atoms with van der Waals surface area (Å²) >= 11 is 0. The number of ketones is 1. The fourth-order valence-corrected chi connectivity index (χ4v) is 4.70. The highest BCUT2D eigenvalue weighted by atomic mass is 16.2. The number of benzodiazepines with no additional fused rings is 1. The van der Waals surface area contributed by atoms with Crippen LogP contribution in [-0.4, -0.2) is 59.2 Å². The minimum atomic E-state index is -1.29. The maximum absolute atomic E-state index is 13.9. The van der Waals surface area contributed by atoms with E-state index in [0.717, 1.165) is 31.6 Å². The van der Waals surface area contributed by atoms with Gasteiger partial charge in [-0.25, -0.2) is 14.8 Å². The Morgan fingerprint density at radius 3 is 2.56 bits per heavy atom. The van der Waals surface area contributed by atoms with Crippen LogP contribution in [0, 0.1) is 5.41 Å². The molecule has 0 bridgehead atoms. The number of aromatic nitrogens is 2. The SMILES string of the molecule is CC(C)(C)C(=O)CN1C(=O)C(NC(=O)Nc2cccc(N3CCCC3)c2)N=C(c2ncc[nH]2)c2ccccc21. The zero-order valence-electron chi connectivity index (χ0n) is 22.4. The molecule has 2 aliphatic rings. The number of hydrogen-bond acceptors (Lipinski definition) is 6. The number of imidazole rings is 1. The van der Waals surface area contributed by atoms with E-state index in [0.29, 0.717) is 28.5 Å². The average molecular weight is 528 g/mol. The third kappa shape index (κ3) is 5.69. The van der Waals surface area contributed by atoms with Crippen molar-refractivity contribution in [2.45, 2.75) is 39.8 Å². The number of para-hydroxylation sites is 1. The van der Waals surface area contributed by atoms with Gasteiger partial charge in [-0.1, -0.05) is 45.0 Å². The number of carbonyl (C=O) groups excluding carboxylic acids is 3. The summed E-state index contributed by atoms with van der Waals surface area (Å²) in [6.07, 6.45) is 4.27. The second kappa shape index (κ2) is 10.7. The third-order valence-corrected chi connectivity index (χ3v) is 6.91. The highest BCUT2D eigenvalue weighted by Gasteiger charge is 2.36. The van der Waals surface area contributed by atoms with Crippen LogP contribution in [0.15, 0.2) is 65.9 Å². The topological polar surface area (TPSA) is 123 Å². The van der Waals surface area contributed by atoms with Gasteiger partial charge in [-0.15, -0.1) is 0 Å². The lowest BCUT2D eigenvalue weighted by molar-refractivity contribution is -0.127. The molecule has 39 heavy (non-hydrogen) atoms. The van der Waals surface area contributed by atoms with Crippen LogP contribution in [0.1, 0.15) is 45.0 Å². The molecule has 0 radical (unpaired) electrons. The molecule has 3 N–H and O–H groups in total. The zero-order chi connectivity index (χ0) is 27.6. The molecule has 1 unspecified atom stereocenters. The van der Waals surface area contributed by atoms with Gasteiger partial charge >= 0.3 is 6.03 Å². The number of Topliss-reactive ketones (excluding diaryl/α,β-unsaturated/α-hetero) is 1. The first-order valence-electron chi connectivity index (χ1n) is 13.1. The zero-order valence-corrected chi connectivity index (χ0v) is 22.4. The van der Waals surface area contributed by atoms with Gasteiger partial charge in [0, 0.05) is 47.8 Å². The van der Waals surface area contributed by atoms with Crippen molar-refractivity contribution in [2.24, 2.45) is 10.4 Å². The monoisotopic (exact) mass is 527 g/mol. The maximum Gasteiger partial charge on any atom is 0.321 e. The first-order chi connectivity index (χ1) is 18.7. The van der Waals surface area contributed by atoms with Crippen molar-refractivity contribution in [3.63, 3.8) is 0 Å². The van der Waals surface area contributed by atoms with Gasteiger partial charge < -0.3 is 25.4 Å². The number of benzene rings is 2. The molecule has 3 heterocycles. The van der Waals surface area contributed by atoms with E-state index in [1.807, 2.05) is 51.1 Å². The maximum atomic E-state index is 13.9. The fraction of sp³-hybridized carbons (Fsp3) is 0.345. The Labute approximate surface area is 227 Å². The fourth-order valence-electron chi connectivity index (χ4n) is 4.70. The number of rotatable bonds is 6. The number of nitrogens with one attached hydrogen (secondary N) is 3. The van der Waals surface area contributed by atoms with E-state index < -0.39 is 23.5 Å². The van der Waals surface area contributed by atoms with Crippen molar-refractivity contribution in [1.29, 1.82) is 0 Å². The van der Waals surface area contributed by atoms with Crippen LogP contribution in [0.5, 0.6) is 0 Å². The molecule has 0 saturated carbocycles. The summed E-state index contributed by atoms with van der Waals surface area (Å²) in [5.41, 5.74) is 2.56. The van der Waals surface area contributed by atoms with Crippen LogP contribution in [-0.2, 0) is 9.59 Å². The Balaban J connectivity index is 1.46. The molecule has 1 fully saturated rings. The van der Waals surface area contributed by atoms with E-state index in [9.17, 15) is 14.4 Å². The standard InChI is InChI=1S/C29H33N7O3/c1-29(2,3)23(37)18-36-22-12-5-4-11-21(22)24(25-30-13-14-31-25)33-26(27(36)38)34-28(39)32-19-9-8-10-20(17-19)35-15-6-7-16-35/h4-5,8-14,17,26H,6-7,15-16,18H2,1-3H3,(H,30,31)(H2,32,34,39). The first kappa shape index (κ1) is 26.1. The molecular formula is C29H33N7O3. The van der Waals surface area contributed by atoms with Crippen molar-refractivity contribution in [2.75, 3.05) is 34.8 Å². The number of amides is 3. The minimum absolute atomic E-state index is 0.117. The predicted molar refractivity (Wildman–Crippen MR) is 151 cm³/mol. The Morgan fingerprint density at radius 1 is 1.08 bits per heavy atom. The van der Waals surface area contributed by atoms with Crippen LogP contribution in [0.25, 0.3) is 0 Å². The second-order valence-electron chi connectivity index (χ2n) is 10.8. The Kier molecular flexibility index (Phi) is 7.19. The Morgan fingerprint density at radius 2 is 1.85 bits per heavy atom. The van der Waals surface area contributed by atoms with Crippen LogP contribution in [0.3, 0.4) is 0 Å². The highest BCUT2D eigenvalue weighted by molar-refractivity contribution is 6.19. The summed E-state index contributed by atoms with van der Waals surface area (Å²) in [5, 5.41) is 5.56. The lowest BCUT2D eigenvalue weighted by Crippen LogP contribution is -2.50. The first-order valence-corrected chi connectivity index (χ1v) is 13.1. The summed E-state index contributed by atoms with van der Waals surface area (Å²) in [5.74, 6) is -0.179. The number of urea groups is 1. The van der Waals surface area contributed by atoms with Crippen molar-refractivity contribution in [3.05, 3.63) is 72.3 Å². The third-order valence-electron chi connectivity index (χ3n) is 6.91. The lowest BCUT2D eigenvalue weighted by atomic mass is 9.90. The highest BCUT2D eigenvalue weighted by Crippen LogP contribution is 2.29. The Bertz CT molecular complexity index is 1400. The number of aliphatic imine (C=N–C) groups is 1. The van der Waals surface area contributed by atoms with E-state index in [1.165, 1.54) is 4.90 Å². The van der Waals surface area contributed by atoms with E-state index in [2.05, 4.69) is 30.5 Å². The number of nitrogens with zero attached hydrogens (tertiary/aromatic N) is 4. The number of anilines is 3. The van der Waals surface area contributed by atoms with Crippen LogP contribution in [0.2, 0.25) is 0 Å². The Hall–Kier alpha value is -4.47. The molecule has 1 saturated heterocycles. The van der Waals surface area contributed by atoms with Gasteiger partial charge in [-0.2, -0.15) is 0 Å². The van der Waals surface area contributed by atoms with Crippen LogP contribution in [0.4, 0.5) is 21.9 Å². The van der Waals surface area contributed by atoms with Crippen molar-refractivity contribution < 1.29 is 14.4 Å². The lowest BCUT2D eigenvalue weighted by Gasteiger charge is -2.28. The molecule has 202 valence electrons.